The van der Waals surface area contributed by atoms with Gasteiger partial charge in [0, 0.05) is 28.6 Å². The highest BCUT2D eigenvalue weighted by atomic mass is 16.2. The third kappa shape index (κ3) is 3.03. The Balaban J connectivity index is 2.12. The van der Waals surface area contributed by atoms with E-state index in [1.165, 1.54) is 27.7 Å². The quantitative estimate of drug-likeness (QED) is 0.882. The second-order valence-corrected chi connectivity index (χ2v) is 6.53. The highest BCUT2D eigenvalue weighted by Gasteiger charge is 2.20. The first-order valence-electron chi connectivity index (χ1n) is 7.15. The summed E-state index contributed by atoms with van der Waals surface area (Å²) in [5, 5.41) is 4.29. The van der Waals surface area contributed by atoms with E-state index >= 15 is 0 Å². The first kappa shape index (κ1) is 14.6. The summed E-state index contributed by atoms with van der Waals surface area (Å²) in [5.74, 6) is 0.103. The van der Waals surface area contributed by atoms with Gasteiger partial charge in [0.2, 0.25) is 5.91 Å². The van der Waals surface area contributed by atoms with E-state index in [-0.39, 0.29) is 11.3 Å². The van der Waals surface area contributed by atoms with Crippen molar-refractivity contribution in [3.63, 3.8) is 0 Å². The Morgan fingerprint density at radius 1 is 1.25 bits per heavy atom. The van der Waals surface area contributed by atoms with E-state index in [0.29, 0.717) is 6.54 Å². The predicted molar refractivity (Wildman–Crippen MR) is 83.9 cm³/mol. The highest BCUT2D eigenvalue weighted by molar-refractivity contribution is 5.85. The molecule has 0 aliphatic rings. The average molecular weight is 272 g/mol. The number of aromatic nitrogens is 1. The lowest BCUT2D eigenvalue weighted by atomic mass is 9.95. The van der Waals surface area contributed by atoms with E-state index in [4.69, 9.17) is 0 Å². The molecule has 0 atom stereocenters. The molecule has 0 saturated carbocycles. The fourth-order valence-electron chi connectivity index (χ4n) is 2.38. The van der Waals surface area contributed by atoms with E-state index in [9.17, 15) is 4.79 Å². The summed E-state index contributed by atoms with van der Waals surface area (Å²) in [6.07, 6.45) is 0.858. The summed E-state index contributed by atoms with van der Waals surface area (Å²) in [6, 6.07) is 6.44. The number of benzene rings is 1. The highest BCUT2D eigenvalue weighted by Crippen LogP contribution is 2.23. The van der Waals surface area contributed by atoms with E-state index < -0.39 is 0 Å². The minimum absolute atomic E-state index is 0.103. The molecule has 2 aromatic rings. The molecule has 1 amide bonds. The largest absolute Gasteiger partial charge is 0.358 e. The number of hydrogen-bond donors (Lipinski definition) is 2. The maximum atomic E-state index is 11.9. The molecule has 0 fully saturated rings. The van der Waals surface area contributed by atoms with Crippen molar-refractivity contribution in [3.8, 4) is 0 Å². The number of hydrogen-bond acceptors (Lipinski definition) is 1. The maximum Gasteiger partial charge on any atom is 0.225 e. The minimum Gasteiger partial charge on any atom is -0.358 e. The summed E-state index contributed by atoms with van der Waals surface area (Å²) in [6.45, 7) is 10.7. The van der Waals surface area contributed by atoms with Crippen molar-refractivity contribution >= 4 is 16.8 Å². The number of carbonyl (C=O) groups excluding carboxylic acids is 1. The number of amides is 1. The van der Waals surface area contributed by atoms with Crippen LogP contribution >= 0.6 is 0 Å². The molecule has 2 rings (SSSR count). The van der Waals surface area contributed by atoms with Gasteiger partial charge >= 0.3 is 0 Å². The summed E-state index contributed by atoms with van der Waals surface area (Å²) in [7, 11) is 0. The molecule has 0 saturated heterocycles. The van der Waals surface area contributed by atoms with Crippen molar-refractivity contribution in [2.24, 2.45) is 5.41 Å². The van der Waals surface area contributed by atoms with Crippen molar-refractivity contribution in [2.75, 3.05) is 6.54 Å². The molecule has 0 radical (unpaired) electrons. The van der Waals surface area contributed by atoms with Gasteiger partial charge in [0.05, 0.1) is 0 Å². The van der Waals surface area contributed by atoms with Crippen LogP contribution < -0.4 is 5.32 Å². The van der Waals surface area contributed by atoms with Crippen molar-refractivity contribution in [1.82, 2.24) is 10.3 Å². The van der Waals surface area contributed by atoms with Gasteiger partial charge in [-0.05, 0) is 38.0 Å². The molecule has 1 heterocycles. The summed E-state index contributed by atoms with van der Waals surface area (Å²) in [5.41, 5.74) is 4.60. The molecule has 20 heavy (non-hydrogen) atoms. The fraction of sp³-hybridized carbons (Fsp3) is 0.471. The fourth-order valence-corrected chi connectivity index (χ4v) is 2.38. The van der Waals surface area contributed by atoms with E-state index in [1.54, 1.807) is 0 Å². The number of nitrogens with one attached hydrogen (secondary N) is 2. The lowest BCUT2D eigenvalue weighted by Crippen LogP contribution is -2.35. The lowest BCUT2D eigenvalue weighted by molar-refractivity contribution is -0.128. The topological polar surface area (TPSA) is 44.9 Å². The molecule has 0 bridgehead atoms. The third-order valence-corrected chi connectivity index (χ3v) is 3.62. The number of H-pyrrole nitrogens is 1. The molecule has 0 spiro atoms. The molecule has 3 heteroatoms. The second kappa shape index (κ2) is 5.31. The first-order chi connectivity index (χ1) is 9.29. The Morgan fingerprint density at radius 2 is 1.95 bits per heavy atom. The lowest BCUT2D eigenvalue weighted by Gasteiger charge is -2.17. The van der Waals surface area contributed by atoms with Crippen LogP contribution in [-0.2, 0) is 11.2 Å². The van der Waals surface area contributed by atoms with Crippen LogP contribution in [0.25, 0.3) is 10.9 Å². The molecule has 108 valence electrons. The zero-order chi connectivity index (χ0) is 14.9. The summed E-state index contributed by atoms with van der Waals surface area (Å²) < 4.78 is 0. The second-order valence-electron chi connectivity index (χ2n) is 6.53. The van der Waals surface area contributed by atoms with Crippen LogP contribution in [-0.4, -0.2) is 17.4 Å². The van der Waals surface area contributed by atoms with Crippen LogP contribution in [0.3, 0.4) is 0 Å². The van der Waals surface area contributed by atoms with Gasteiger partial charge in [-0.2, -0.15) is 0 Å². The number of carbonyl (C=O) groups is 1. The summed E-state index contributed by atoms with van der Waals surface area (Å²) in [4.78, 5) is 15.3. The van der Waals surface area contributed by atoms with Crippen molar-refractivity contribution in [3.05, 3.63) is 35.0 Å². The zero-order valence-corrected chi connectivity index (χ0v) is 13.1. The van der Waals surface area contributed by atoms with Gasteiger partial charge in [-0.1, -0.05) is 32.4 Å². The van der Waals surface area contributed by atoms with Gasteiger partial charge in [0.15, 0.2) is 0 Å². The third-order valence-electron chi connectivity index (χ3n) is 3.62. The van der Waals surface area contributed by atoms with Gasteiger partial charge < -0.3 is 10.3 Å². The average Bonchev–Trinajstić information content (AvgIpc) is 2.64. The molecule has 0 aliphatic heterocycles. The number of aromatic amines is 1. The number of aryl methyl sites for hydroxylation is 2. The van der Waals surface area contributed by atoms with Crippen LogP contribution in [0.4, 0.5) is 0 Å². The van der Waals surface area contributed by atoms with E-state index in [2.05, 4.69) is 42.3 Å². The molecule has 3 nitrogen and oxygen atoms in total. The van der Waals surface area contributed by atoms with Crippen LogP contribution in [0.1, 0.15) is 37.6 Å². The standard InChI is InChI=1S/C17H24N2O/c1-11-6-7-15-14(10-11)13(12(2)19-15)8-9-18-16(20)17(3,4)5/h6-7,10,19H,8-9H2,1-5H3,(H,18,20). The SMILES string of the molecule is Cc1ccc2[nH]c(C)c(CCNC(=O)C(C)(C)C)c2c1. The Hall–Kier alpha value is -1.77. The van der Waals surface area contributed by atoms with E-state index in [0.717, 1.165) is 6.42 Å². The Kier molecular flexibility index (Phi) is 3.89. The van der Waals surface area contributed by atoms with Crippen molar-refractivity contribution in [2.45, 2.75) is 41.0 Å². The van der Waals surface area contributed by atoms with Crippen LogP contribution in [0.2, 0.25) is 0 Å². The molecule has 1 aromatic heterocycles. The van der Waals surface area contributed by atoms with Gasteiger partial charge in [-0.3, -0.25) is 4.79 Å². The van der Waals surface area contributed by atoms with Crippen molar-refractivity contribution in [1.29, 1.82) is 0 Å². The molecular formula is C17H24N2O. The van der Waals surface area contributed by atoms with Gasteiger partial charge in [0.1, 0.15) is 0 Å². The maximum absolute atomic E-state index is 11.9. The molecule has 0 aliphatic carbocycles. The predicted octanol–water partition coefficient (Wildman–Crippen LogP) is 3.49. The Morgan fingerprint density at radius 3 is 2.60 bits per heavy atom. The monoisotopic (exact) mass is 272 g/mol. The van der Waals surface area contributed by atoms with Gasteiger partial charge in [0.25, 0.3) is 0 Å². The molecule has 1 aromatic carbocycles. The van der Waals surface area contributed by atoms with Gasteiger partial charge in [-0.15, -0.1) is 0 Å². The molecule has 2 N–H and O–H groups in total. The van der Waals surface area contributed by atoms with Crippen LogP contribution in [0.15, 0.2) is 18.2 Å². The smallest absolute Gasteiger partial charge is 0.225 e. The van der Waals surface area contributed by atoms with Crippen molar-refractivity contribution < 1.29 is 4.79 Å². The number of fused-ring (bicyclic) bond motifs is 1. The molecular weight excluding hydrogens is 248 g/mol. The summed E-state index contributed by atoms with van der Waals surface area (Å²) >= 11 is 0. The minimum atomic E-state index is -0.328. The Bertz CT molecular complexity index is 632. The Labute approximate surface area is 120 Å². The zero-order valence-electron chi connectivity index (χ0n) is 13.1. The number of rotatable bonds is 3. The van der Waals surface area contributed by atoms with Crippen LogP contribution in [0.5, 0.6) is 0 Å². The molecule has 0 unspecified atom stereocenters. The first-order valence-corrected chi connectivity index (χ1v) is 7.15. The van der Waals surface area contributed by atoms with Gasteiger partial charge in [-0.25, -0.2) is 0 Å². The normalized spacial score (nSPS) is 11.8. The van der Waals surface area contributed by atoms with E-state index in [1.807, 2.05) is 20.8 Å². The van der Waals surface area contributed by atoms with Crippen LogP contribution in [0, 0.1) is 19.3 Å².